The molecule has 1 unspecified atom stereocenters. The molecule has 0 bridgehead atoms. The van der Waals surface area contributed by atoms with Crippen LogP contribution in [0.15, 0.2) is 60.7 Å². The number of benzene rings is 3. The Balaban J connectivity index is 1.14. The fourth-order valence-corrected chi connectivity index (χ4v) is 5.37. The first kappa shape index (κ1) is 24.6. The van der Waals surface area contributed by atoms with Crippen LogP contribution in [0.5, 0.6) is 11.5 Å². The molecule has 1 N–H and O–H groups in total. The number of aryl methyl sites for hydroxylation is 1. The fourth-order valence-electron chi connectivity index (χ4n) is 5.25. The summed E-state index contributed by atoms with van der Waals surface area (Å²) in [6.45, 7) is 3.65. The van der Waals surface area contributed by atoms with Gasteiger partial charge in [0.2, 0.25) is 0 Å². The van der Waals surface area contributed by atoms with Crippen LogP contribution in [-0.2, 0) is 23.4 Å². The van der Waals surface area contributed by atoms with E-state index in [9.17, 15) is 5.26 Å². The zero-order valence-electron chi connectivity index (χ0n) is 20.4. The Kier molecular flexibility index (Phi) is 7.77. The van der Waals surface area contributed by atoms with Gasteiger partial charge in [0.15, 0.2) is 11.5 Å². The lowest BCUT2D eigenvalue weighted by Crippen LogP contribution is -2.29. The van der Waals surface area contributed by atoms with Crippen LogP contribution in [0.1, 0.15) is 53.5 Å². The molecule has 3 aromatic rings. The van der Waals surface area contributed by atoms with Gasteiger partial charge >= 0.3 is 0 Å². The summed E-state index contributed by atoms with van der Waals surface area (Å²) in [7, 11) is 0. The molecule has 5 nitrogen and oxygen atoms in total. The molecule has 0 saturated heterocycles. The zero-order valence-corrected chi connectivity index (χ0v) is 21.2. The lowest BCUT2D eigenvalue weighted by atomic mass is 9.81. The lowest BCUT2D eigenvalue weighted by Gasteiger charge is -2.31. The van der Waals surface area contributed by atoms with E-state index in [1.807, 2.05) is 36.4 Å². The van der Waals surface area contributed by atoms with Crippen molar-refractivity contribution in [2.75, 3.05) is 26.3 Å². The molecule has 5 rings (SSSR count). The van der Waals surface area contributed by atoms with E-state index in [0.717, 1.165) is 73.4 Å². The average molecular weight is 503 g/mol. The number of nitrogens with one attached hydrogen (secondary N) is 1. The van der Waals surface area contributed by atoms with Crippen molar-refractivity contribution >= 4 is 11.6 Å². The van der Waals surface area contributed by atoms with Crippen molar-refractivity contribution in [3.05, 3.63) is 93.5 Å². The molecule has 2 aliphatic rings. The Morgan fingerprint density at radius 3 is 2.64 bits per heavy atom. The maximum Gasteiger partial charge on any atom is 0.164 e. The van der Waals surface area contributed by atoms with E-state index in [4.69, 9.17) is 25.8 Å². The van der Waals surface area contributed by atoms with Crippen molar-refractivity contribution in [3.63, 3.8) is 0 Å². The molecule has 2 heterocycles. The molecule has 36 heavy (non-hydrogen) atoms. The lowest BCUT2D eigenvalue weighted by molar-refractivity contribution is -0.0129. The Hall–Kier alpha value is -3.04. The highest BCUT2D eigenvalue weighted by atomic mass is 35.5. The van der Waals surface area contributed by atoms with Crippen LogP contribution in [0.4, 0.5) is 0 Å². The minimum Gasteiger partial charge on any atom is -0.486 e. The van der Waals surface area contributed by atoms with Gasteiger partial charge in [-0.05, 0) is 97.8 Å². The van der Waals surface area contributed by atoms with E-state index >= 15 is 0 Å². The number of unbranched alkanes of at least 4 members (excludes halogenated alkanes) is 1. The second kappa shape index (κ2) is 11.3. The Labute approximate surface area is 217 Å². The van der Waals surface area contributed by atoms with Crippen molar-refractivity contribution < 1.29 is 14.2 Å². The summed E-state index contributed by atoms with van der Waals surface area (Å²) in [5.74, 6) is 1.79. The first-order valence-electron chi connectivity index (χ1n) is 12.7. The number of hydrogen-bond donors (Lipinski definition) is 1. The highest BCUT2D eigenvalue weighted by molar-refractivity contribution is 6.30. The number of para-hydroxylation sites is 1. The number of ether oxygens (including phenoxy) is 3. The predicted octanol–water partition coefficient (Wildman–Crippen LogP) is 6.15. The monoisotopic (exact) mass is 502 g/mol. The standard InChI is InChI=1S/C30H31ClN2O3/c31-26-11-9-25(10-12-26)30(27-13-8-22(20-32)19-24(27)21-36-30)14-4-16-33-15-2-1-5-23-6-3-7-28-29(23)35-18-17-34-28/h3,6-13,19,33H,1-2,4-5,14-18,21H2. The highest BCUT2D eigenvalue weighted by Gasteiger charge is 2.41. The molecule has 186 valence electrons. The Morgan fingerprint density at radius 2 is 1.78 bits per heavy atom. The van der Waals surface area contributed by atoms with Crippen molar-refractivity contribution in [1.82, 2.24) is 5.32 Å². The third-order valence-corrected chi connectivity index (χ3v) is 7.29. The molecular formula is C30H31ClN2O3. The molecule has 1 atom stereocenters. The van der Waals surface area contributed by atoms with Crippen LogP contribution >= 0.6 is 11.6 Å². The molecule has 0 fully saturated rings. The zero-order chi connectivity index (χ0) is 24.8. The van der Waals surface area contributed by atoms with E-state index in [2.05, 4.69) is 35.7 Å². The highest BCUT2D eigenvalue weighted by Crippen LogP contribution is 2.45. The summed E-state index contributed by atoms with van der Waals surface area (Å²) in [6, 6.07) is 22.2. The van der Waals surface area contributed by atoms with Crippen molar-refractivity contribution in [2.24, 2.45) is 0 Å². The predicted molar refractivity (Wildman–Crippen MR) is 141 cm³/mol. The quantitative estimate of drug-likeness (QED) is 0.337. The third kappa shape index (κ3) is 5.22. The first-order valence-corrected chi connectivity index (χ1v) is 13.1. The molecule has 0 aromatic heterocycles. The number of fused-ring (bicyclic) bond motifs is 2. The minimum atomic E-state index is -0.510. The number of nitrogens with zero attached hydrogens (tertiary/aromatic N) is 1. The molecule has 0 spiro atoms. The summed E-state index contributed by atoms with van der Waals surface area (Å²) in [5, 5.41) is 13.6. The second-order valence-corrected chi connectivity index (χ2v) is 9.79. The number of rotatable bonds is 10. The third-order valence-electron chi connectivity index (χ3n) is 7.03. The second-order valence-electron chi connectivity index (χ2n) is 9.36. The summed E-state index contributed by atoms with van der Waals surface area (Å²) < 4.78 is 18.0. The maximum atomic E-state index is 9.30. The number of nitriles is 1. The van der Waals surface area contributed by atoms with Crippen LogP contribution in [0.25, 0.3) is 0 Å². The van der Waals surface area contributed by atoms with Gasteiger partial charge in [0.25, 0.3) is 0 Å². The maximum absolute atomic E-state index is 9.30. The molecule has 0 saturated carbocycles. The molecule has 0 radical (unpaired) electrons. The average Bonchev–Trinajstić information content (AvgIpc) is 3.29. The first-order chi connectivity index (χ1) is 17.7. The molecule has 6 heteroatoms. The van der Waals surface area contributed by atoms with Gasteiger partial charge in [0.05, 0.1) is 18.2 Å². The van der Waals surface area contributed by atoms with Crippen LogP contribution in [-0.4, -0.2) is 26.3 Å². The van der Waals surface area contributed by atoms with Crippen molar-refractivity contribution in [1.29, 1.82) is 5.26 Å². The fraction of sp³-hybridized carbons (Fsp3) is 0.367. The van der Waals surface area contributed by atoms with Gasteiger partial charge in [-0.3, -0.25) is 0 Å². The van der Waals surface area contributed by atoms with Crippen LogP contribution in [0.3, 0.4) is 0 Å². The van der Waals surface area contributed by atoms with Gasteiger partial charge in [0, 0.05) is 5.02 Å². The Morgan fingerprint density at radius 1 is 0.944 bits per heavy atom. The van der Waals surface area contributed by atoms with Crippen LogP contribution < -0.4 is 14.8 Å². The van der Waals surface area contributed by atoms with E-state index in [1.165, 1.54) is 5.56 Å². The summed E-state index contributed by atoms with van der Waals surface area (Å²) >= 11 is 6.16. The van der Waals surface area contributed by atoms with E-state index < -0.39 is 5.60 Å². The van der Waals surface area contributed by atoms with Crippen molar-refractivity contribution in [2.45, 2.75) is 44.3 Å². The van der Waals surface area contributed by atoms with Gasteiger partial charge < -0.3 is 19.5 Å². The molecule has 3 aromatic carbocycles. The summed E-state index contributed by atoms with van der Waals surface area (Å²) in [4.78, 5) is 0. The summed E-state index contributed by atoms with van der Waals surface area (Å²) in [6.07, 6.45) is 5.01. The normalized spacial score (nSPS) is 18.0. The number of halogens is 1. The van der Waals surface area contributed by atoms with Crippen LogP contribution in [0.2, 0.25) is 5.02 Å². The molecule has 0 aliphatic carbocycles. The smallest absolute Gasteiger partial charge is 0.164 e. The molecular weight excluding hydrogens is 472 g/mol. The van der Waals surface area contributed by atoms with E-state index in [-0.39, 0.29) is 0 Å². The van der Waals surface area contributed by atoms with E-state index in [1.54, 1.807) is 0 Å². The van der Waals surface area contributed by atoms with Gasteiger partial charge in [-0.1, -0.05) is 41.9 Å². The number of hydrogen-bond acceptors (Lipinski definition) is 5. The Bertz CT molecular complexity index is 1240. The topological polar surface area (TPSA) is 63.5 Å². The van der Waals surface area contributed by atoms with Crippen LogP contribution in [0, 0.1) is 11.3 Å². The molecule has 0 amide bonds. The van der Waals surface area contributed by atoms with Crippen molar-refractivity contribution in [3.8, 4) is 17.6 Å². The minimum absolute atomic E-state index is 0.510. The van der Waals surface area contributed by atoms with Gasteiger partial charge in [-0.15, -0.1) is 0 Å². The van der Waals surface area contributed by atoms with Gasteiger partial charge in [0.1, 0.15) is 18.8 Å². The van der Waals surface area contributed by atoms with Gasteiger partial charge in [-0.25, -0.2) is 0 Å². The SMILES string of the molecule is N#Cc1ccc2c(c1)COC2(CCCNCCCCc1cccc2c1OCCO2)c1ccc(Cl)cc1. The van der Waals surface area contributed by atoms with E-state index in [0.29, 0.717) is 30.4 Å². The largest absolute Gasteiger partial charge is 0.486 e. The van der Waals surface area contributed by atoms with Gasteiger partial charge in [-0.2, -0.15) is 5.26 Å². The summed E-state index contributed by atoms with van der Waals surface area (Å²) in [5.41, 5.74) is 4.74. The molecule has 2 aliphatic heterocycles.